The molecule has 0 unspecified atom stereocenters. The molecule has 278 valence electrons. The van der Waals surface area contributed by atoms with Gasteiger partial charge in [0.1, 0.15) is 6.07 Å². The van der Waals surface area contributed by atoms with Crippen molar-refractivity contribution in [2.24, 2.45) is 11.7 Å². The number of nitrogens with two attached hydrogens (primary N) is 1. The fourth-order valence-electron chi connectivity index (χ4n) is 8.29. The minimum absolute atomic E-state index is 0.121. The van der Waals surface area contributed by atoms with Crippen LogP contribution in [0.4, 0.5) is 5.82 Å². The Hall–Kier alpha value is -4.41. The van der Waals surface area contributed by atoms with Crippen LogP contribution in [0.25, 0.3) is 11.0 Å². The lowest BCUT2D eigenvalue weighted by molar-refractivity contribution is 0.0994. The van der Waals surface area contributed by atoms with Crippen LogP contribution in [0.3, 0.4) is 0 Å². The summed E-state index contributed by atoms with van der Waals surface area (Å²) >= 11 is 6.25. The average molecular weight is 737 g/mol. The number of primary amides is 1. The second-order valence-corrected chi connectivity index (χ2v) is 15.3. The summed E-state index contributed by atoms with van der Waals surface area (Å²) in [7, 11) is 0. The van der Waals surface area contributed by atoms with Gasteiger partial charge in [-0.15, -0.1) is 10.2 Å². The first-order valence-electron chi connectivity index (χ1n) is 19.1. The molecular formula is C40H49ClN10O2. The van der Waals surface area contributed by atoms with E-state index in [0.717, 1.165) is 124 Å². The number of fused-ring (bicyclic) bond motifs is 1. The maximum absolute atomic E-state index is 13.9. The van der Waals surface area contributed by atoms with Gasteiger partial charge >= 0.3 is 0 Å². The molecule has 3 aromatic heterocycles. The van der Waals surface area contributed by atoms with Crippen molar-refractivity contribution in [3.8, 4) is 6.07 Å². The van der Waals surface area contributed by atoms with Crippen molar-refractivity contribution in [3.63, 3.8) is 0 Å². The summed E-state index contributed by atoms with van der Waals surface area (Å²) in [6.45, 7) is 10.6. The highest BCUT2D eigenvalue weighted by Crippen LogP contribution is 2.31. The molecule has 1 amide bonds. The number of pyridine rings is 2. The van der Waals surface area contributed by atoms with E-state index in [-0.39, 0.29) is 17.3 Å². The van der Waals surface area contributed by atoms with Crippen LogP contribution in [-0.4, -0.2) is 87.3 Å². The molecule has 13 heteroatoms. The Kier molecular flexibility index (Phi) is 11.7. The van der Waals surface area contributed by atoms with Crippen molar-refractivity contribution in [1.82, 2.24) is 34.9 Å². The first-order valence-corrected chi connectivity index (χ1v) is 19.4. The number of carbonyl (C=O) groups is 1. The van der Waals surface area contributed by atoms with Crippen molar-refractivity contribution in [2.45, 2.75) is 77.0 Å². The summed E-state index contributed by atoms with van der Waals surface area (Å²) in [6, 6.07) is 15.9. The standard InChI is InChI=1S/C40H49ClN10O2/c1-2-30-21-36-37(51(40(30)53)33-7-5-32(6-8-33)44-23-28-3-4-31(22-42)34(41)19-28)20-29(24-45-36)26-49-17-15-48(16-18-49)25-27-11-13-50(14-12-27)38-10-9-35(39(43)52)46-47-38/h3-4,9-10,19-21,24,27,32-33,44H,2,5-8,11-18,23,25-26H2,1H3,(H2,43,52). The number of nitriles is 1. The van der Waals surface area contributed by atoms with E-state index in [9.17, 15) is 14.9 Å². The largest absolute Gasteiger partial charge is 0.364 e. The Bertz CT molecular complexity index is 2010. The van der Waals surface area contributed by atoms with E-state index in [1.54, 1.807) is 12.1 Å². The summed E-state index contributed by atoms with van der Waals surface area (Å²) in [5.74, 6) is 0.894. The molecule has 5 heterocycles. The smallest absolute Gasteiger partial charge is 0.269 e. The number of piperazine rings is 1. The number of anilines is 1. The second-order valence-electron chi connectivity index (χ2n) is 14.9. The van der Waals surface area contributed by atoms with E-state index < -0.39 is 5.91 Å². The van der Waals surface area contributed by atoms with Crippen molar-refractivity contribution < 1.29 is 4.79 Å². The number of halogens is 1. The van der Waals surface area contributed by atoms with E-state index >= 15 is 0 Å². The molecule has 0 spiro atoms. The second kappa shape index (κ2) is 16.7. The minimum Gasteiger partial charge on any atom is -0.364 e. The average Bonchev–Trinajstić information content (AvgIpc) is 3.18. The van der Waals surface area contributed by atoms with Crippen LogP contribution in [0.5, 0.6) is 0 Å². The number of hydrogen-bond donors (Lipinski definition) is 2. The van der Waals surface area contributed by atoms with Crippen LogP contribution in [0.15, 0.2) is 53.5 Å². The molecule has 2 saturated heterocycles. The topological polar surface area (TPSA) is 149 Å². The number of carbonyl (C=O) groups excluding carboxylic acids is 1. The fraction of sp³-hybridized carbons (Fsp3) is 0.500. The molecule has 0 bridgehead atoms. The molecule has 1 aromatic carbocycles. The van der Waals surface area contributed by atoms with Gasteiger partial charge in [0, 0.05) is 82.7 Å². The van der Waals surface area contributed by atoms with Crippen molar-refractivity contribution >= 4 is 34.4 Å². The molecule has 1 saturated carbocycles. The zero-order chi connectivity index (χ0) is 36.9. The number of aromatic nitrogens is 4. The van der Waals surface area contributed by atoms with Crippen LogP contribution >= 0.6 is 11.6 Å². The third-order valence-corrected chi connectivity index (χ3v) is 11.8. The zero-order valence-electron chi connectivity index (χ0n) is 30.5. The van der Waals surface area contributed by atoms with Gasteiger partial charge in [0.05, 0.1) is 21.6 Å². The quantitative estimate of drug-likeness (QED) is 0.222. The van der Waals surface area contributed by atoms with Gasteiger partial charge in [-0.2, -0.15) is 5.26 Å². The lowest BCUT2D eigenvalue weighted by Crippen LogP contribution is -2.48. The molecule has 3 aliphatic rings. The van der Waals surface area contributed by atoms with E-state index in [1.807, 2.05) is 37.4 Å². The molecule has 7 rings (SSSR count). The normalized spacial score (nSPS) is 20.4. The van der Waals surface area contributed by atoms with E-state index in [0.29, 0.717) is 35.5 Å². The summed E-state index contributed by atoms with van der Waals surface area (Å²) < 4.78 is 2.06. The van der Waals surface area contributed by atoms with Gasteiger partial charge in [-0.25, -0.2) is 0 Å². The fourth-order valence-corrected chi connectivity index (χ4v) is 8.53. The molecule has 0 radical (unpaired) electrons. The third kappa shape index (κ3) is 8.71. The summed E-state index contributed by atoms with van der Waals surface area (Å²) in [5.41, 5.74) is 11.0. The Morgan fingerprint density at radius 3 is 2.36 bits per heavy atom. The SMILES string of the molecule is CCc1cc2ncc(CN3CCN(CC4CCN(c5ccc(C(N)=O)nn5)CC4)CC3)cc2n(C2CCC(NCc3ccc(C#N)c(Cl)c3)CC2)c1=O. The molecular weight excluding hydrogens is 688 g/mol. The van der Waals surface area contributed by atoms with Crippen molar-refractivity contribution in [3.05, 3.63) is 92.0 Å². The molecule has 3 N–H and O–H groups in total. The summed E-state index contributed by atoms with van der Waals surface area (Å²) in [5, 5.41) is 21.5. The number of piperidine rings is 1. The predicted octanol–water partition coefficient (Wildman–Crippen LogP) is 4.68. The van der Waals surface area contributed by atoms with Gasteiger partial charge < -0.3 is 25.4 Å². The number of rotatable bonds is 11. The molecule has 0 atom stereocenters. The van der Waals surface area contributed by atoms with Gasteiger partial charge in [0.15, 0.2) is 11.5 Å². The van der Waals surface area contributed by atoms with Crippen molar-refractivity contribution in [1.29, 1.82) is 5.26 Å². The molecule has 2 aliphatic heterocycles. The van der Waals surface area contributed by atoms with Crippen LogP contribution in [-0.2, 0) is 19.5 Å². The first-order chi connectivity index (χ1) is 25.8. The predicted molar refractivity (Wildman–Crippen MR) is 207 cm³/mol. The van der Waals surface area contributed by atoms with Crippen LogP contribution < -0.4 is 21.5 Å². The van der Waals surface area contributed by atoms with Gasteiger partial charge in [0.2, 0.25) is 0 Å². The van der Waals surface area contributed by atoms with Gasteiger partial charge in [0.25, 0.3) is 11.5 Å². The number of aryl methyl sites for hydroxylation is 1. The van der Waals surface area contributed by atoms with E-state index in [4.69, 9.17) is 22.3 Å². The summed E-state index contributed by atoms with van der Waals surface area (Å²) in [4.78, 5) is 37.4. The van der Waals surface area contributed by atoms with Crippen molar-refractivity contribution in [2.75, 3.05) is 50.7 Å². The third-order valence-electron chi connectivity index (χ3n) is 11.4. The van der Waals surface area contributed by atoms with E-state index in [2.05, 4.69) is 46.9 Å². The molecule has 4 aromatic rings. The molecule has 1 aliphatic carbocycles. The van der Waals surface area contributed by atoms with Gasteiger partial charge in [-0.1, -0.05) is 24.6 Å². The first kappa shape index (κ1) is 36.9. The highest BCUT2D eigenvalue weighted by Gasteiger charge is 2.27. The lowest BCUT2D eigenvalue weighted by Gasteiger charge is -2.39. The number of benzene rings is 1. The van der Waals surface area contributed by atoms with Crippen LogP contribution in [0, 0.1) is 17.2 Å². The Morgan fingerprint density at radius 1 is 0.943 bits per heavy atom. The number of amides is 1. The minimum atomic E-state index is -0.559. The van der Waals surface area contributed by atoms with Gasteiger partial charge in [-0.3, -0.25) is 19.5 Å². The maximum atomic E-state index is 13.9. The summed E-state index contributed by atoms with van der Waals surface area (Å²) in [6.07, 6.45) is 8.72. The Labute approximate surface area is 315 Å². The lowest BCUT2D eigenvalue weighted by atomic mass is 9.90. The maximum Gasteiger partial charge on any atom is 0.269 e. The highest BCUT2D eigenvalue weighted by atomic mass is 35.5. The zero-order valence-corrected chi connectivity index (χ0v) is 31.3. The number of nitrogens with zero attached hydrogens (tertiary/aromatic N) is 8. The Balaban J connectivity index is 0.923. The van der Waals surface area contributed by atoms with Crippen LogP contribution in [0.1, 0.15) is 84.2 Å². The highest BCUT2D eigenvalue weighted by molar-refractivity contribution is 6.31. The van der Waals surface area contributed by atoms with Gasteiger partial charge in [-0.05, 0) is 98.4 Å². The molecule has 53 heavy (non-hydrogen) atoms. The van der Waals surface area contributed by atoms with E-state index in [1.165, 1.54) is 0 Å². The molecule has 12 nitrogen and oxygen atoms in total. The monoisotopic (exact) mass is 736 g/mol. The number of nitrogens with one attached hydrogen (secondary N) is 1. The molecule has 3 fully saturated rings. The van der Waals surface area contributed by atoms with Crippen LogP contribution in [0.2, 0.25) is 5.02 Å². The Morgan fingerprint density at radius 2 is 1.70 bits per heavy atom. The number of hydrogen-bond acceptors (Lipinski definition) is 10.